The van der Waals surface area contributed by atoms with E-state index in [0.717, 1.165) is 15.7 Å². The molecule has 0 aromatic heterocycles. The second kappa shape index (κ2) is 7.02. The molecule has 0 aliphatic heterocycles. The minimum atomic E-state index is -0.398. The second-order valence-electron chi connectivity index (χ2n) is 4.81. The van der Waals surface area contributed by atoms with E-state index in [4.69, 9.17) is 16.3 Å². The molecule has 5 heteroatoms. The Kier molecular flexibility index (Phi) is 4.84. The van der Waals surface area contributed by atoms with E-state index < -0.39 is 5.97 Å². The maximum atomic E-state index is 12.8. The highest BCUT2D eigenvalue weighted by atomic mass is 35.5. The van der Waals surface area contributed by atoms with E-state index in [1.54, 1.807) is 0 Å². The van der Waals surface area contributed by atoms with E-state index in [2.05, 4.69) is 0 Å². The van der Waals surface area contributed by atoms with Crippen molar-refractivity contribution in [1.29, 1.82) is 0 Å². The number of hydrogen-bond donors (Lipinski definition) is 0. The van der Waals surface area contributed by atoms with Gasteiger partial charge in [0.1, 0.15) is 11.6 Å². The molecule has 116 valence electrons. The average Bonchev–Trinajstić information content (AvgIpc) is 2.55. The van der Waals surface area contributed by atoms with E-state index in [1.807, 2.05) is 36.4 Å². The molecule has 3 rings (SSSR count). The molecule has 0 bridgehead atoms. The lowest BCUT2D eigenvalue weighted by Gasteiger charge is -2.08. The highest BCUT2D eigenvalue weighted by molar-refractivity contribution is 8.00. The lowest BCUT2D eigenvalue weighted by molar-refractivity contribution is -0.131. The molecule has 0 saturated heterocycles. The number of carbonyl (C=O) groups excluding carboxylic acids is 1. The number of benzene rings is 3. The first-order chi connectivity index (χ1) is 11.1. The topological polar surface area (TPSA) is 26.3 Å². The van der Waals surface area contributed by atoms with Gasteiger partial charge in [0, 0.05) is 15.3 Å². The van der Waals surface area contributed by atoms with E-state index in [9.17, 15) is 9.18 Å². The summed E-state index contributed by atoms with van der Waals surface area (Å²) in [6, 6.07) is 16.9. The molecule has 2 nitrogen and oxygen atoms in total. The fraction of sp³-hybridized carbons (Fsp3) is 0.0556. The maximum Gasteiger partial charge on any atom is 0.321 e. The van der Waals surface area contributed by atoms with Crippen molar-refractivity contribution < 1.29 is 13.9 Å². The van der Waals surface area contributed by atoms with Crippen molar-refractivity contribution in [2.45, 2.75) is 4.90 Å². The molecule has 0 aliphatic carbocycles. The average molecular weight is 347 g/mol. The molecule has 0 fully saturated rings. The summed E-state index contributed by atoms with van der Waals surface area (Å²) >= 11 is 7.62. The Hall–Kier alpha value is -2.04. The highest BCUT2D eigenvalue weighted by Gasteiger charge is 2.10. The molecule has 3 aromatic carbocycles. The number of rotatable bonds is 4. The largest absolute Gasteiger partial charge is 0.426 e. The molecule has 0 spiro atoms. The normalized spacial score (nSPS) is 10.7. The zero-order chi connectivity index (χ0) is 16.2. The molecular weight excluding hydrogens is 335 g/mol. The first-order valence-corrected chi connectivity index (χ1v) is 8.26. The molecule has 0 unspecified atom stereocenters. The van der Waals surface area contributed by atoms with Gasteiger partial charge in [-0.2, -0.15) is 0 Å². The summed E-state index contributed by atoms with van der Waals surface area (Å²) < 4.78 is 18.0. The summed E-state index contributed by atoms with van der Waals surface area (Å²) in [6.07, 6.45) is 0. The van der Waals surface area contributed by atoms with Crippen molar-refractivity contribution in [3.63, 3.8) is 0 Å². The van der Waals surface area contributed by atoms with Gasteiger partial charge in [-0.05, 0) is 41.8 Å². The van der Waals surface area contributed by atoms with Crippen molar-refractivity contribution >= 4 is 40.1 Å². The Bertz CT molecular complexity index is 844. The van der Waals surface area contributed by atoms with Gasteiger partial charge in [0.2, 0.25) is 0 Å². The molecule has 0 amide bonds. The fourth-order valence-electron chi connectivity index (χ4n) is 2.18. The van der Waals surface area contributed by atoms with Crippen LogP contribution in [-0.4, -0.2) is 11.7 Å². The Morgan fingerprint density at radius 1 is 1.04 bits per heavy atom. The van der Waals surface area contributed by atoms with Crippen LogP contribution >= 0.6 is 23.4 Å². The van der Waals surface area contributed by atoms with Gasteiger partial charge in [-0.15, -0.1) is 11.8 Å². The molecule has 23 heavy (non-hydrogen) atoms. The van der Waals surface area contributed by atoms with Gasteiger partial charge < -0.3 is 4.74 Å². The number of halogens is 2. The van der Waals surface area contributed by atoms with Gasteiger partial charge >= 0.3 is 5.97 Å². The van der Waals surface area contributed by atoms with Crippen molar-refractivity contribution in [2.75, 3.05) is 5.75 Å². The monoisotopic (exact) mass is 346 g/mol. The molecule has 0 aliphatic rings. The van der Waals surface area contributed by atoms with Crippen molar-refractivity contribution in [3.05, 3.63) is 71.5 Å². The minimum absolute atomic E-state index is 0.141. The Balaban J connectivity index is 1.71. The van der Waals surface area contributed by atoms with E-state index in [1.165, 1.54) is 36.0 Å². The molecule has 0 heterocycles. The predicted molar refractivity (Wildman–Crippen MR) is 91.7 cm³/mol. The zero-order valence-electron chi connectivity index (χ0n) is 12.0. The van der Waals surface area contributed by atoms with Crippen LogP contribution in [0, 0.1) is 5.82 Å². The summed E-state index contributed by atoms with van der Waals surface area (Å²) in [5, 5.41) is 2.60. The predicted octanol–water partition coefficient (Wildman–Crippen LogP) is 5.33. The van der Waals surface area contributed by atoms with E-state index >= 15 is 0 Å². The van der Waals surface area contributed by atoms with E-state index in [-0.39, 0.29) is 11.6 Å². The number of fused-ring (bicyclic) bond motifs is 1. The maximum absolute atomic E-state index is 12.8. The number of thioether (sulfide) groups is 1. The van der Waals surface area contributed by atoms with Crippen LogP contribution in [0.3, 0.4) is 0 Å². The third-order valence-electron chi connectivity index (χ3n) is 3.21. The summed E-state index contributed by atoms with van der Waals surface area (Å²) in [7, 11) is 0. The van der Waals surface area contributed by atoms with Crippen LogP contribution in [0.5, 0.6) is 5.75 Å². The van der Waals surface area contributed by atoms with Crippen LogP contribution in [0.2, 0.25) is 5.02 Å². The van der Waals surface area contributed by atoms with Crippen molar-refractivity contribution in [3.8, 4) is 5.75 Å². The third-order valence-corrected chi connectivity index (χ3v) is 4.55. The molecule has 0 saturated carbocycles. The molecule has 0 atom stereocenters. The Morgan fingerprint density at radius 2 is 1.74 bits per heavy atom. The SMILES string of the molecule is O=C(CSc1cccc2cccc(Cl)c12)Oc1ccc(F)cc1. The first-order valence-electron chi connectivity index (χ1n) is 6.90. The standard InChI is InChI=1S/C18H12ClFO2S/c19-15-5-1-3-12-4-2-6-16(18(12)15)23-11-17(21)22-14-9-7-13(20)8-10-14/h1-10H,11H2. The fourth-order valence-corrected chi connectivity index (χ4v) is 3.40. The Morgan fingerprint density at radius 3 is 2.48 bits per heavy atom. The quantitative estimate of drug-likeness (QED) is 0.363. The lowest BCUT2D eigenvalue weighted by atomic mass is 10.1. The lowest BCUT2D eigenvalue weighted by Crippen LogP contribution is -2.10. The summed E-state index contributed by atoms with van der Waals surface area (Å²) in [4.78, 5) is 12.8. The number of hydrogen-bond acceptors (Lipinski definition) is 3. The van der Waals surface area contributed by atoms with Gasteiger partial charge in [0.15, 0.2) is 0 Å². The number of ether oxygens (including phenoxy) is 1. The van der Waals surface area contributed by atoms with Crippen molar-refractivity contribution in [1.82, 2.24) is 0 Å². The minimum Gasteiger partial charge on any atom is -0.426 e. The van der Waals surface area contributed by atoms with E-state index in [0.29, 0.717) is 10.8 Å². The van der Waals surface area contributed by atoms with Gasteiger partial charge in [0.25, 0.3) is 0 Å². The molecular formula is C18H12ClFO2S. The van der Waals surface area contributed by atoms with Gasteiger partial charge in [-0.1, -0.05) is 35.9 Å². The van der Waals surface area contributed by atoms with Crippen LogP contribution in [0.15, 0.2) is 65.6 Å². The number of esters is 1. The smallest absolute Gasteiger partial charge is 0.321 e. The van der Waals surface area contributed by atoms with Crippen LogP contribution in [-0.2, 0) is 4.79 Å². The molecule has 3 aromatic rings. The molecule has 0 N–H and O–H groups in total. The Labute approximate surface area is 142 Å². The number of carbonyl (C=O) groups is 1. The summed E-state index contributed by atoms with van der Waals surface area (Å²) in [5.74, 6) is -0.301. The van der Waals surface area contributed by atoms with Crippen LogP contribution < -0.4 is 4.74 Å². The van der Waals surface area contributed by atoms with Gasteiger partial charge in [-0.3, -0.25) is 4.79 Å². The zero-order valence-corrected chi connectivity index (χ0v) is 13.5. The highest BCUT2D eigenvalue weighted by Crippen LogP contribution is 2.33. The first kappa shape index (κ1) is 15.8. The van der Waals surface area contributed by atoms with Crippen LogP contribution in [0.4, 0.5) is 4.39 Å². The van der Waals surface area contributed by atoms with Crippen LogP contribution in [0.25, 0.3) is 10.8 Å². The second-order valence-corrected chi connectivity index (χ2v) is 6.24. The van der Waals surface area contributed by atoms with Crippen LogP contribution in [0.1, 0.15) is 0 Å². The summed E-state index contributed by atoms with van der Waals surface area (Å²) in [6.45, 7) is 0. The van der Waals surface area contributed by atoms with Gasteiger partial charge in [0.05, 0.1) is 5.75 Å². The third kappa shape index (κ3) is 3.84. The van der Waals surface area contributed by atoms with Crippen molar-refractivity contribution in [2.24, 2.45) is 0 Å². The molecule has 0 radical (unpaired) electrons. The summed E-state index contributed by atoms with van der Waals surface area (Å²) in [5.41, 5.74) is 0. The van der Waals surface area contributed by atoms with Gasteiger partial charge in [-0.25, -0.2) is 4.39 Å².